The van der Waals surface area contributed by atoms with E-state index in [0.717, 1.165) is 23.6 Å². The van der Waals surface area contributed by atoms with Crippen molar-refractivity contribution in [2.45, 2.75) is 25.1 Å². The second-order valence-corrected chi connectivity index (χ2v) is 10.2. The molecule has 208 valence electrons. The van der Waals surface area contributed by atoms with E-state index in [-0.39, 0.29) is 0 Å². The molecule has 3 aromatic carbocycles. The van der Waals surface area contributed by atoms with Crippen molar-refractivity contribution in [3.8, 4) is 17.2 Å². The zero-order chi connectivity index (χ0) is 28.2. The highest BCUT2D eigenvalue weighted by Crippen LogP contribution is 2.26. The smallest absolute Gasteiger partial charge is 0.328 e. The minimum absolute atomic E-state index is 0.558. The van der Waals surface area contributed by atoms with Crippen molar-refractivity contribution < 1.29 is 29.0 Å². The zero-order valence-corrected chi connectivity index (χ0v) is 22.8. The van der Waals surface area contributed by atoms with Crippen LogP contribution in [0.3, 0.4) is 0 Å². The van der Waals surface area contributed by atoms with Gasteiger partial charge in [-0.15, -0.1) is 22.0 Å². The highest BCUT2D eigenvalue weighted by atomic mass is 32.2. The molecule has 0 bridgehead atoms. The van der Waals surface area contributed by atoms with Crippen LogP contribution >= 0.6 is 11.8 Å². The average Bonchev–Trinajstić information content (AvgIpc) is 3.65. The van der Waals surface area contributed by atoms with E-state index in [2.05, 4.69) is 51.5 Å². The molecule has 0 radical (unpaired) electrons. The van der Waals surface area contributed by atoms with Crippen molar-refractivity contribution in [3.05, 3.63) is 90.3 Å². The van der Waals surface area contributed by atoms with Gasteiger partial charge in [-0.05, 0) is 72.6 Å². The highest BCUT2D eigenvalue weighted by molar-refractivity contribution is 7.98. The number of hydrogen-bond donors (Lipinski definition) is 2. The molecule has 1 fully saturated rings. The van der Waals surface area contributed by atoms with Crippen LogP contribution in [-0.2, 0) is 21.9 Å². The summed E-state index contributed by atoms with van der Waals surface area (Å²) in [5.41, 5.74) is 2.33. The summed E-state index contributed by atoms with van der Waals surface area (Å²) in [5, 5.41) is 26.5. The minimum atomic E-state index is -1.26. The van der Waals surface area contributed by atoms with Crippen LogP contribution in [0, 0.1) is 0 Å². The van der Waals surface area contributed by atoms with Gasteiger partial charge >= 0.3 is 11.9 Å². The molecule has 40 heavy (non-hydrogen) atoms. The molecular formula is C30H31N3O6S. The van der Waals surface area contributed by atoms with Crippen LogP contribution in [0.15, 0.2) is 83.3 Å². The Morgan fingerprint density at radius 1 is 0.925 bits per heavy atom. The standard InChI is InChI=1S/C26H27N3O2S.C4H4O4/c1-2-6-24(7-3-1)30-14-15-32-19-25-27-28-26(31-25)23-11-10-21-16-20(8-9-22(21)17-23)18-29-12-4-5-13-29;5-3(6)1-2-4(7)8/h1-3,6-11,16-17H,4-5,12-15,18-19H2;1-2H,(H,5,6)(H,7,8). The van der Waals surface area contributed by atoms with Crippen LogP contribution in [0.25, 0.3) is 22.2 Å². The maximum Gasteiger partial charge on any atom is 0.328 e. The Kier molecular flexibility index (Phi) is 10.7. The fourth-order valence-corrected chi connectivity index (χ4v) is 4.83. The monoisotopic (exact) mass is 561 g/mol. The molecule has 5 rings (SSSR count). The summed E-state index contributed by atoms with van der Waals surface area (Å²) in [5.74, 6) is 1.14. The van der Waals surface area contributed by atoms with Crippen molar-refractivity contribution >= 4 is 34.5 Å². The fourth-order valence-electron chi connectivity index (χ4n) is 4.19. The third-order valence-corrected chi connectivity index (χ3v) is 6.96. The largest absolute Gasteiger partial charge is 0.493 e. The van der Waals surface area contributed by atoms with Gasteiger partial charge in [-0.3, -0.25) is 4.90 Å². The molecule has 0 spiro atoms. The number of carboxylic acids is 2. The summed E-state index contributed by atoms with van der Waals surface area (Å²) < 4.78 is 11.6. The Balaban J connectivity index is 0.000000406. The van der Waals surface area contributed by atoms with Gasteiger partial charge in [0.15, 0.2) is 0 Å². The molecule has 4 aromatic rings. The van der Waals surface area contributed by atoms with E-state index in [0.29, 0.717) is 36.3 Å². The number of thioether (sulfide) groups is 1. The van der Waals surface area contributed by atoms with Crippen molar-refractivity contribution in [2.24, 2.45) is 0 Å². The topological polar surface area (TPSA) is 126 Å². The Labute approximate surface area is 236 Å². The van der Waals surface area contributed by atoms with Crippen LogP contribution in [-0.4, -0.2) is 62.7 Å². The first-order valence-corrected chi connectivity index (χ1v) is 14.1. The lowest BCUT2D eigenvalue weighted by Crippen LogP contribution is -2.18. The predicted octanol–water partition coefficient (Wildman–Crippen LogP) is 5.51. The molecular weight excluding hydrogens is 530 g/mol. The Bertz CT molecular complexity index is 1420. The minimum Gasteiger partial charge on any atom is -0.493 e. The number of rotatable bonds is 11. The van der Waals surface area contributed by atoms with Gasteiger partial charge in [-0.25, -0.2) is 9.59 Å². The number of carboxylic acid groups (broad SMARTS) is 2. The number of carbonyl (C=O) groups is 2. The first kappa shape index (κ1) is 28.8. The van der Waals surface area contributed by atoms with E-state index in [1.807, 2.05) is 30.3 Å². The second kappa shape index (κ2) is 14.9. The number of hydrogen-bond acceptors (Lipinski definition) is 8. The van der Waals surface area contributed by atoms with Gasteiger partial charge < -0.3 is 19.4 Å². The molecule has 9 nitrogen and oxygen atoms in total. The van der Waals surface area contributed by atoms with Crippen LogP contribution in [0.4, 0.5) is 0 Å². The molecule has 1 aromatic heterocycles. The van der Waals surface area contributed by atoms with Crippen LogP contribution in [0.2, 0.25) is 0 Å². The van der Waals surface area contributed by atoms with Gasteiger partial charge in [0.1, 0.15) is 5.75 Å². The normalized spacial score (nSPS) is 13.3. The molecule has 2 N–H and O–H groups in total. The Hall–Kier alpha value is -4.15. The van der Waals surface area contributed by atoms with Crippen LogP contribution in [0.5, 0.6) is 5.75 Å². The zero-order valence-electron chi connectivity index (χ0n) is 21.9. The first-order chi connectivity index (χ1) is 19.5. The average molecular weight is 562 g/mol. The van der Waals surface area contributed by atoms with Crippen molar-refractivity contribution in [1.29, 1.82) is 0 Å². The second-order valence-electron chi connectivity index (χ2n) is 9.10. The molecule has 0 unspecified atom stereocenters. The number of ether oxygens (including phenoxy) is 1. The van der Waals surface area contributed by atoms with Gasteiger partial charge in [0.05, 0.1) is 12.4 Å². The summed E-state index contributed by atoms with van der Waals surface area (Å²) in [6.07, 6.45) is 3.76. The van der Waals surface area contributed by atoms with E-state index < -0.39 is 11.9 Å². The number of benzene rings is 3. The number of para-hydroxylation sites is 1. The maximum atomic E-state index is 9.55. The lowest BCUT2D eigenvalue weighted by molar-refractivity contribution is -0.134. The van der Waals surface area contributed by atoms with Crippen molar-refractivity contribution in [3.63, 3.8) is 0 Å². The SMILES string of the molecule is O=C(O)C=CC(=O)O.c1ccc(OCCSCc2nnc(-c3ccc4cc(CN5CCCC5)ccc4c3)o2)cc1. The van der Waals surface area contributed by atoms with E-state index in [1.54, 1.807) is 11.8 Å². The molecule has 0 amide bonds. The number of aliphatic carboxylic acids is 2. The van der Waals surface area contributed by atoms with Gasteiger partial charge in [0, 0.05) is 30.0 Å². The van der Waals surface area contributed by atoms with Crippen molar-refractivity contribution in [2.75, 3.05) is 25.4 Å². The number of aromatic nitrogens is 2. The fraction of sp³-hybridized carbons (Fsp3) is 0.267. The van der Waals surface area contributed by atoms with Gasteiger partial charge in [-0.2, -0.15) is 0 Å². The number of fused-ring (bicyclic) bond motifs is 1. The summed E-state index contributed by atoms with van der Waals surface area (Å²) in [7, 11) is 0. The summed E-state index contributed by atoms with van der Waals surface area (Å²) in [4.78, 5) is 21.6. The summed E-state index contributed by atoms with van der Waals surface area (Å²) in [6, 6.07) is 22.9. The van der Waals surface area contributed by atoms with E-state index in [9.17, 15) is 9.59 Å². The first-order valence-electron chi connectivity index (χ1n) is 12.9. The van der Waals surface area contributed by atoms with Gasteiger partial charge in [0.2, 0.25) is 11.8 Å². The van der Waals surface area contributed by atoms with Crippen LogP contribution in [0.1, 0.15) is 24.3 Å². The molecule has 10 heteroatoms. The number of nitrogens with zero attached hydrogens (tertiary/aromatic N) is 3. The quantitative estimate of drug-likeness (QED) is 0.179. The summed E-state index contributed by atoms with van der Waals surface area (Å²) >= 11 is 1.73. The Morgan fingerprint density at radius 3 is 2.35 bits per heavy atom. The molecule has 2 heterocycles. The predicted molar refractivity (Wildman–Crippen MR) is 154 cm³/mol. The van der Waals surface area contributed by atoms with Gasteiger partial charge in [0.25, 0.3) is 0 Å². The van der Waals surface area contributed by atoms with Gasteiger partial charge in [-0.1, -0.05) is 36.4 Å². The lowest BCUT2D eigenvalue weighted by atomic mass is 10.0. The summed E-state index contributed by atoms with van der Waals surface area (Å²) in [6.45, 7) is 4.13. The van der Waals surface area contributed by atoms with Crippen LogP contribution < -0.4 is 4.74 Å². The molecule has 0 saturated carbocycles. The third-order valence-electron chi connectivity index (χ3n) is 6.06. The van der Waals surface area contributed by atoms with E-state index in [4.69, 9.17) is 19.4 Å². The van der Waals surface area contributed by atoms with E-state index in [1.165, 1.54) is 42.3 Å². The lowest BCUT2D eigenvalue weighted by Gasteiger charge is -2.15. The van der Waals surface area contributed by atoms with E-state index >= 15 is 0 Å². The molecule has 1 saturated heterocycles. The van der Waals surface area contributed by atoms with Crippen molar-refractivity contribution in [1.82, 2.24) is 15.1 Å². The molecule has 1 aliphatic rings. The number of likely N-dealkylation sites (tertiary alicyclic amines) is 1. The Morgan fingerprint density at radius 2 is 1.62 bits per heavy atom. The molecule has 0 aliphatic carbocycles. The maximum absolute atomic E-state index is 9.55. The molecule has 0 atom stereocenters. The molecule has 1 aliphatic heterocycles. The third kappa shape index (κ3) is 9.25. The highest BCUT2D eigenvalue weighted by Gasteiger charge is 2.13.